The molecule has 0 saturated heterocycles. The molecular formula is C13H7N4O4-. The van der Waals surface area contributed by atoms with Crippen LogP contribution in [0, 0.1) is 0 Å². The number of aromatic carboxylic acids is 1. The van der Waals surface area contributed by atoms with Gasteiger partial charge in [0.2, 0.25) is 5.69 Å². The fraction of sp³-hybridized carbons (Fsp3) is 0. The van der Waals surface area contributed by atoms with Crippen molar-refractivity contribution in [2.45, 2.75) is 0 Å². The SMILES string of the molecule is O=C(O)c1nonc1N=Nc1c([O-])ccc2ccccc12. The van der Waals surface area contributed by atoms with E-state index in [2.05, 4.69) is 25.2 Å². The summed E-state index contributed by atoms with van der Waals surface area (Å²) in [6.45, 7) is 0. The molecule has 0 saturated carbocycles. The number of rotatable bonds is 3. The van der Waals surface area contributed by atoms with E-state index in [1.165, 1.54) is 6.07 Å². The number of nitrogens with zero attached hydrogens (tertiary/aromatic N) is 4. The molecule has 0 atom stereocenters. The van der Waals surface area contributed by atoms with Crippen molar-refractivity contribution in [2.24, 2.45) is 10.2 Å². The van der Waals surface area contributed by atoms with Gasteiger partial charge in [-0.05, 0) is 15.7 Å². The zero-order valence-electron chi connectivity index (χ0n) is 10.4. The van der Waals surface area contributed by atoms with Crippen LogP contribution in [-0.4, -0.2) is 21.4 Å². The van der Waals surface area contributed by atoms with Gasteiger partial charge < -0.3 is 10.2 Å². The summed E-state index contributed by atoms with van der Waals surface area (Å²) in [5.74, 6) is -1.97. The van der Waals surface area contributed by atoms with Gasteiger partial charge in [-0.2, -0.15) is 0 Å². The minimum absolute atomic E-state index is 0.104. The summed E-state index contributed by atoms with van der Waals surface area (Å²) >= 11 is 0. The molecule has 8 heteroatoms. The molecule has 0 aliphatic rings. The van der Waals surface area contributed by atoms with Crippen LogP contribution in [0.4, 0.5) is 11.5 Å². The third kappa shape index (κ3) is 2.29. The summed E-state index contributed by atoms with van der Waals surface area (Å²) < 4.78 is 4.30. The van der Waals surface area contributed by atoms with Crippen LogP contribution >= 0.6 is 0 Å². The third-order valence-electron chi connectivity index (χ3n) is 2.78. The first-order valence-electron chi connectivity index (χ1n) is 5.83. The van der Waals surface area contributed by atoms with E-state index < -0.39 is 11.7 Å². The average molecular weight is 283 g/mol. The van der Waals surface area contributed by atoms with Crippen LogP contribution < -0.4 is 5.11 Å². The highest BCUT2D eigenvalue weighted by Gasteiger charge is 2.16. The number of aromatic nitrogens is 2. The minimum atomic E-state index is -1.34. The van der Waals surface area contributed by atoms with Gasteiger partial charge in [-0.15, -0.1) is 10.2 Å². The third-order valence-corrected chi connectivity index (χ3v) is 2.78. The lowest BCUT2D eigenvalue weighted by molar-refractivity contribution is -0.267. The van der Waals surface area contributed by atoms with E-state index in [4.69, 9.17) is 5.11 Å². The standard InChI is InChI=1S/C13H8N4O4/c18-9-6-5-7-3-1-2-4-8(7)10(9)14-15-12-11(13(19)20)16-21-17-12/h1-6,18H,(H,19,20)/p-1. The van der Waals surface area contributed by atoms with Crippen molar-refractivity contribution in [3.63, 3.8) is 0 Å². The number of fused-ring (bicyclic) bond motifs is 1. The van der Waals surface area contributed by atoms with Crippen molar-refractivity contribution in [1.29, 1.82) is 0 Å². The zero-order valence-corrected chi connectivity index (χ0v) is 10.4. The van der Waals surface area contributed by atoms with E-state index in [-0.39, 0.29) is 17.3 Å². The number of carboxylic acid groups (broad SMARTS) is 1. The van der Waals surface area contributed by atoms with E-state index in [9.17, 15) is 9.90 Å². The summed E-state index contributed by atoms with van der Waals surface area (Å²) in [7, 11) is 0. The van der Waals surface area contributed by atoms with Crippen molar-refractivity contribution in [3.8, 4) is 5.75 Å². The summed E-state index contributed by atoms with van der Waals surface area (Å²) in [5.41, 5.74) is -0.362. The first kappa shape index (κ1) is 12.7. The molecule has 8 nitrogen and oxygen atoms in total. The van der Waals surface area contributed by atoms with Crippen molar-refractivity contribution >= 4 is 28.2 Å². The maximum Gasteiger partial charge on any atom is 0.362 e. The minimum Gasteiger partial charge on any atom is -0.871 e. The second-order valence-electron chi connectivity index (χ2n) is 4.08. The van der Waals surface area contributed by atoms with Crippen LogP contribution in [0.25, 0.3) is 10.8 Å². The Balaban J connectivity index is 2.09. The Hall–Kier alpha value is -3.29. The molecule has 0 radical (unpaired) electrons. The second-order valence-corrected chi connectivity index (χ2v) is 4.08. The van der Waals surface area contributed by atoms with Crippen molar-refractivity contribution in [3.05, 3.63) is 42.1 Å². The maximum absolute atomic E-state index is 11.9. The smallest absolute Gasteiger partial charge is 0.362 e. The summed E-state index contributed by atoms with van der Waals surface area (Å²) in [6.07, 6.45) is 0. The van der Waals surface area contributed by atoms with Gasteiger partial charge in [0, 0.05) is 5.39 Å². The quantitative estimate of drug-likeness (QED) is 0.736. The van der Waals surface area contributed by atoms with Gasteiger partial charge in [0.05, 0.1) is 5.69 Å². The monoisotopic (exact) mass is 283 g/mol. The largest absolute Gasteiger partial charge is 0.871 e. The second kappa shape index (κ2) is 5.00. The van der Waals surface area contributed by atoms with Crippen molar-refractivity contribution in [2.75, 3.05) is 0 Å². The van der Waals surface area contributed by atoms with Crippen LogP contribution in [0.3, 0.4) is 0 Å². The summed E-state index contributed by atoms with van der Waals surface area (Å²) in [6, 6.07) is 10.2. The Morgan fingerprint density at radius 3 is 2.76 bits per heavy atom. The van der Waals surface area contributed by atoms with Gasteiger partial charge in [0.25, 0.3) is 5.82 Å². The Bertz CT molecular complexity index is 856. The fourth-order valence-electron chi connectivity index (χ4n) is 1.82. The van der Waals surface area contributed by atoms with E-state index in [0.29, 0.717) is 5.39 Å². The van der Waals surface area contributed by atoms with E-state index >= 15 is 0 Å². The number of azo groups is 1. The van der Waals surface area contributed by atoms with Gasteiger partial charge in [-0.3, -0.25) is 0 Å². The van der Waals surface area contributed by atoms with Crippen LogP contribution in [0.5, 0.6) is 5.75 Å². The molecule has 1 aromatic heterocycles. The van der Waals surface area contributed by atoms with Crippen LogP contribution in [0.1, 0.15) is 10.5 Å². The predicted octanol–water partition coefficient (Wildman–Crippen LogP) is 2.41. The van der Waals surface area contributed by atoms with Gasteiger partial charge in [-0.1, -0.05) is 42.1 Å². The highest BCUT2D eigenvalue weighted by Crippen LogP contribution is 2.34. The van der Waals surface area contributed by atoms with Crippen LogP contribution in [0.2, 0.25) is 0 Å². The molecule has 21 heavy (non-hydrogen) atoms. The molecule has 0 amide bonds. The number of benzene rings is 2. The zero-order chi connectivity index (χ0) is 14.8. The predicted molar refractivity (Wildman–Crippen MR) is 68.8 cm³/mol. The molecule has 0 fully saturated rings. The van der Waals surface area contributed by atoms with E-state index in [1.807, 2.05) is 12.1 Å². The first-order valence-corrected chi connectivity index (χ1v) is 5.83. The Kier molecular flexibility index (Phi) is 3.03. The molecule has 104 valence electrons. The lowest BCUT2D eigenvalue weighted by atomic mass is 10.1. The molecular weight excluding hydrogens is 276 g/mol. The molecule has 0 spiro atoms. The number of hydrogen-bond acceptors (Lipinski definition) is 7. The van der Waals surface area contributed by atoms with Crippen molar-refractivity contribution in [1.82, 2.24) is 10.3 Å². The normalized spacial score (nSPS) is 11.2. The molecule has 1 heterocycles. The van der Waals surface area contributed by atoms with Gasteiger partial charge >= 0.3 is 5.97 Å². The lowest BCUT2D eigenvalue weighted by Crippen LogP contribution is -1.96. The molecule has 3 aromatic rings. The summed E-state index contributed by atoms with van der Waals surface area (Å²) in [5, 5.41) is 36.1. The van der Waals surface area contributed by atoms with Gasteiger partial charge in [-0.25, -0.2) is 9.42 Å². The number of hydrogen-bond donors (Lipinski definition) is 1. The molecule has 2 aromatic carbocycles. The fourth-order valence-corrected chi connectivity index (χ4v) is 1.82. The Labute approximate surface area is 117 Å². The number of carboxylic acids is 1. The molecule has 0 aliphatic heterocycles. The molecule has 0 bridgehead atoms. The Morgan fingerprint density at radius 1 is 1.14 bits per heavy atom. The Morgan fingerprint density at radius 2 is 1.95 bits per heavy atom. The highest BCUT2D eigenvalue weighted by atomic mass is 16.6. The topological polar surface area (TPSA) is 124 Å². The molecule has 1 N–H and O–H groups in total. The molecule has 3 rings (SSSR count). The molecule has 0 aliphatic carbocycles. The molecule has 0 unspecified atom stereocenters. The maximum atomic E-state index is 11.9. The van der Waals surface area contributed by atoms with Gasteiger partial charge in [0.15, 0.2) is 0 Å². The summed E-state index contributed by atoms with van der Waals surface area (Å²) in [4.78, 5) is 10.8. The average Bonchev–Trinajstić information content (AvgIpc) is 2.95. The van der Waals surface area contributed by atoms with E-state index in [0.717, 1.165) is 5.39 Å². The number of carbonyl (C=O) groups is 1. The van der Waals surface area contributed by atoms with Crippen LogP contribution in [0.15, 0.2) is 51.3 Å². The van der Waals surface area contributed by atoms with Crippen LogP contribution in [-0.2, 0) is 0 Å². The first-order chi connectivity index (χ1) is 10.2. The van der Waals surface area contributed by atoms with Crippen molar-refractivity contribution < 1.29 is 19.6 Å². The van der Waals surface area contributed by atoms with E-state index in [1.54, 1.807) is 18.2 Å². The lowest BCUT2D eigenvalue weighted by Gasteiger charge is -2.11. The van der Waals surface area contributed by atoms with Gasteiger partial charge in [0.1, 0.15) is 0 Å². The highest BCUT2D eigenvalue weighted by molar-refractivity contribution is 5.95.